The van der Waals surface area contributed by atoms with Gasteiger partial charge >= 0.3 is 6.18 Å². The highest BCUT2D eigenvalue weighted by Crippen LogP contribution is 2.34. The maximum Gasteiger partial charge on any atom is 0.405 e. The number of aromatic nitrogens is 1. The van der Waals surface area contributed by atoms with Gasteiger partial charge in [-0.25, -0.2) is 0 Å². The van der Waals surface area contributed by atoms with Crippen molar-refractivity contribution in [3.05, 3.63) is 24.0 Å². The summed E-state index contributed by atoms with van der Waals surface area (Å²) in [5.41, 5.74) is 1.44. The van der Waals surface area contributed by atoms with Crippen molar-refractivity contribution < 1.29 is 13.2 Å². The van der Waals surface area contributed by atoms with Gasteiger partial charge in [-0.1, -0.05) is 0 Å². The second-order valence-electron chi connectivity index (χ2n) is 5.63. The molecule has 0 atom stereocenters. The largest absolute Gasteiger partial charge is 0.405 e. The molecular weight excluding hydrogens is 267 g/mol. The van der Waals surface area contributed by atoms with E-state index < -0.39 is 12.7 Å². The molecule has 1 heterocycles. The average Bonchev–Trinajstić information content (AvgIpc) is 3.27. The Labute approximate surface area is 116 Å². The Bertz CT molecular complexity index is 467. The van der Waals surface area contributed by atoms with Crippen LogP contribution in [0.15, 0.2) is 18.3 Å². The Morgan fingerprint density at radius 2 is 2.00 bits per heavy atom. The molecule has 3 rings (SSSR count). The number of hydrogen-bond acceptors (Lipinski definition) is 3. The van der Waals surface area contributed by atoms with Gasteiger partial charge < -0.3 is 10.2 Å². The summed E-state index contributed by atoms with van der Waals surface area (Å²) in [6.07, 6.45) is 1.48. The summed E-state index contributed by atoms with van der Waals surface area (Å²) in [4.78, 5) is 5.69. The van der Waals surface area contributed by atoms with Gasteiger partial charge in [0.15, 0.2) is 0 Å². The van der Waals surface area contributed by atoms with Gasteiger partial charge in [0.1, 0.15) is 6.54 Å². The number of nitrogens with zero attached hydrogens (tertiary/aromatic N) is 2. The van der Waals surface area contributed by atoms with Gasteiger partial charge in [-0.3, -0.25) is 4.98 Å². The summed E-state index contributed by atoms with van der Waals surface area (Å²) >= 11 is 0. The van der Waals surface area contributed by atoms with E-state index >= 15 is 0 Å². The molecule has 3 nitrogen and oxygen atoms in total. The van der Waals surface area contributed by atoms with E-state index in [2.05, 4.69) is 10.3 Å². The maximum atomic E-state index is 12.7. The van der Waals surface area contributed by atoms with E-state index in [-0.39, 0.29) is 6.04 Å². The van der Waals surface area contributed by atoms with Crippen molar-refractivity contribution in [1.29, 1.82) is 0 Å². The Morgan fingerprint density at radius 1 is 1.25 bits per heavy atom. The van der Waals surface area contributed by atoms with E-state index in [4.69, 9.17) is 0 Å². The molecule has 0 unspecified atom stereocenters. The molecule has 0 aliphatic heterocycles. The molecule has 0 radical (unpaired) electrons. The Hall–Kier alpha value is -1.30. The molecular formula is C14H18F3N3. The second-order valence-corrected chi connectivity index (χ2v) is 5.63. The minimum Gasteiger partial charge on any atom is -0.359 e. The van der Waals surface area contributed by atoms with Crippen LogP contribution in [0, 0.1) is 0 Å². The third-order valence-electron chi connectivity index (χ3n) is 3.62. The zero-order chi connectivity index (χ0) is 14.2. The fourth-order valence-corrected chi connectivity index (χ4v) is 2.29. The van der Waals surface area contributed by atoms with Crippen molar-refractivity contribution in [3.63, 3.8) is 0 Å². The van der Waals surface area contributed by atoms with E-state index in [0.717, 1.165) is 18.5 Å². The second kappa shape index (κ2) is 5.24. The summed E-state index contributed by atoms with van der Waals surface area (Å²) < 4.78 is 38.0. The standard InChI is InChI=1S/C14H18F3N3/c15-14(16,17)9-20(12-3-4-12)13-5-6-18-11(7-13)8-19-10-1-2-10/h5-7,10,12,19H,1-4,8-9H2. The van der Waals surface area contributed by atoms with Crippen molar-refractivity contribution in [2.75, 3.05) is 11.4 Å². The summed E-state index contributed by atoms with van der Waals surface area (Å²) in [6.45, 7) is -0.250. The summed E-state index contributed by atoms with van der Waals surface area (Å²) in [5, 5.41) is 3.33. The number of alkyl halides is 3. The van der Waals surface area contributed by atoms with E-state index in [9.17, 15) is 13.2 Å². The highest BCUT2D eigenvalue weighted by molar-refractivity contribution is 5.49. The first-order valence-corrected chi connectivity index (χ1v) is 7.03. The Balaban J connectivity index is 1.70. The van der Waals surface area contributed by atoms with E-state index in [0.29, 0.717) is 18.3 Å². The number of rotatable bonds is 6. The van der Waals surface area contributed by atoms with Gasteiger partial charge in [-0.05, 0) is 37.8 Å². The predicted molar refractivity (Wildman–Crippen MR) is 70.5 cm³/mol. The molecule has 6 heteroatoms. The Kier molecular flexibility index (Phi) is 3.58. The Morgan fingerprint density at radius 3 is 2.60 bits per heavy atom. The molecule has 0 bridgehead atoms. The van der Waals surface area contributed by atoms with E-state index in [1.807, 2.05) is 0 Å². The lowest BCUT2D eigenvalue weighted by molar-refractivity contribution is -0.120. The highest BCUT2D eigenvalue weighted by atomic mass is 19.4. The molecule has 1 aromatic heterocycles. The number of halogens is 3. The SMILES string of the molecule is FC(F)(F)CN(c1ccnc(CNC2CC2)c1)C1CC1. The van der Waals surface area contributed by atoms with Crippen LogP contribution in [0.25, 0.3) is 0 Å². The predicted octanol–water partition coefficient (Wildman–Crippen LogP) is 2.86. The van der Waals surface area contributed by atoms with Crippen LogP contribution >= 0.6 is 0 Å². The smallest absolute Gasteiger partial charge is 0.359 e. The third kappa shape index (κ3) is 3.85. The molecule has 2 aliphatic rings. The molecule has 20 heavy (non-hydrogen) atoms. The molecule has 1 N–H and O–H groups in total. The molecule has 2 fully saturated rings. The van der Waals surface area contributed by atoms with Crippen LogP contribution in [-0.4, -0.2) is 29.8 Å². The van der Waals surface area contributed by atoms with Crippen molar-refractivity contribution in [1.82, 2.24) is 10.3 Å². The molecule has 0 aromatic carbocycles. The monoisotopic (exact) mass is 285 g/mol. The first-order valence-electron chi connectivity index (χ1n) is 7.03. The van der Waals surface area contributed by atoms with Crippen LogP contribution < -0.4 is 10.2 Å². The minimum atomic E-state index is -4.17. The number of hydrogen-bond donors (Lipinski definition) is 1. The third-order valence-corrected chi connectivity index (χ3v) is 3.62. The van der Waals surface area contributed by atoms with Gasteiger partial charge in [0.2, 0.25) is 0 Å². The van der Waals surface area contributed by atoms with E-state index in [1.165, 1.54) is 17.7 Å². The molecule has 110 valence electrons. The molecule has 2 saturated carbocycles. The summed E-state index contributed by atoms with van der Waals surface area (Å²) in [5.74, 6) is 0. The lowest BCUT2D eigenvalue weighted by Gasteiger charge is -2.26. The molecule has 2 aliphatic carbocycles. The van der Waals surface area contributed by atoms with Crippen LogP contribution in [0.1, 0.15) is 31.4 Å². The van der Waals surface area contributed by atoms with Crippen molar-refractivity contribution in [2.24, 2.45) is 0 Å². The van der Waals surface area contributed by atoms with Crippen molar-refractivity contribution in [3.8, 4) is 0 Å². The zero-order valence-corrected chi connectivity index (χ0v) is 11.2. The topological polar surface area (TPSA) is 28.2 Å². The fourth-order valence-electron chi connectivity index (χ4n) is 2.29. The molecule has 0 amide bonds. The first-order chi connectivity index (χ1) is 9.51. The van der Waals surface area contributed by atoms with E-state index in [1.54, 1.807) is 18.3 Å². The summed E-state index contributed by atoms with van der Waals surface area (Å²) in [6, 6.07) is 4.04. The quantitative estimate of drug-likeness (QED) is 0.871. The molecule has 0 saturated heterocycles. The number of nitrogens with one attached hydrogen (secondary N) is 1. The van der Waals surface area contributed by atoms with Crippen molar-refractivity contribution >= 4 is 5.69 Å². The fraction of sp³-hybridized carbons (Fsp3) is 0.643. The lowest BCUT2D eigenvalue weighted by Crippen LogP contribution is -2.36. The van der Waals surface area contributed by atoms with Gasteiger partial charge in [0.05, 0.1) is 5.69 Å². The minimum absolute atomic E-state index is 0.0308. The van der Waals surface area contributed by atoms with Crippen LogP contribution in [-0.2, 0) is 6.54 Å². The van der Waals surface area contributed by atoms with Gasteiger partial charge in [-0.15, -0.1) is 0 Å². The zero-order valence-electron chi connectivity index (χ0n) is 11.2. The first kappa shape index (κ1) is 13.7. The van der Waals surface area contributed by atoms with Crippen molar-refractivity contribution in [2.45, 2.75) is 50.5 Å². The average molecular weight is 285 g/mol. The number of anilines is 1. The number of pyridine rings is 1. The van der Waals surface area contributed by atoms with Crippen LogP contribution in [0.3, 0.4) is 0 Å². The van der Waals surface area contributed by atoms with Crippen LogP contribution in [0.4, 0.5) is 18.9 Å². The molecule has 0 spiro atoms. The van der Waals surface area contributed by atoms with Gasteiger partial charge in [-0.2, -0.15) is 13.2 Å². The normalized spacial score (nSPS) is 19.1. The van der Waals surface area contributed by atoms with Crippen LogP contribution in [0.2, 0.25) is 0 Å². The molecule has 1 aromatic rings. The highest BCUT2D eigenvalue weighted by Gasteiger charge is 2.38. The summed E-state index contributed by atoms with van der Waals surface area (Å²) in [7, 11) is 0. The lowest BCUT2D eigenvalue weighted by atomic mass is 10.2. The maximum absolute atomic E-state index is 12.7. The van der Waals surface area contributed by atoms with Gasteiger partial charge in [0, 0.05) is 30.5 Å². The van der Waals surface area contributed by atoms with Crippen LogP contribution in [0.5, 0.6) is 0 Å². The van der Waals surface area contributed by atoms with Gasteiger partial charge in [0.25, 0.3) is 0 Å².